The van der Waals surface area contributed by atoms with E-state index < -0.39 is 0 Å². The second-order valence-corrected chi connectivity index (χ2v) is 5.33. The zero-order valence-electron chi connectivity index (χ0n) is 10.1. The molecule has 3 nitrogen and oxygen atoms in total. The van der Waals surface area contributed by atoms with Gasteiger partial charge in [0, 0.05) is 12.0 Å². The molecule has 2 rings (SSSR count). The van der Waals surface area contributed by atoms with Gasteiger partial charge in [-0.15, -0.1) is 0 Å². The third-order valence-corrected chi connectivity index (χ3v) is 2.87. The molecule has 0 spiro atoms. The Balaban J connectivity index is 2.14. The highest BCUT2D eigenvalue weighted by atomic mass is 16.5. The topological polar surface area (TPSA) is 41.5 Å². The van der Waals surface area contributed by atoms with Crippen molar-refractivity contribution in [3.63, 3.8) is 0 Å². The van der Waals surface area contributed by atoms with Crippen LogP contribution in [0.5, 0.6) is 5.75 Å². The van der Waals surface area contributed by atoms with E-state index in [4.69, 9.17) is 4.74 Å². The molecule has 0 bridgehead atoms. The minimum Gasteiger partial charge on any atom is -0.508 e. The van der Waals surface area contributed by atoms with Crippen LogP contribution < -0.4 is 5.32 Å². The Hall–Kier alpha value is -1.06. The molecule has 1 saturated heterocycles. The largest absolute Gasteiger partial charge is 0.508 e. The Bertz CT molecular complexity index is 389. The number of phenolic OH excluding ortho intramolecular Hbond substituents is 1. The molecule has 88 valence electrons. The van der Waals surface area contributed by atoms with Crippen LogP contribution in [0.4, 0.5) is 0 Å². The zero-order chi connectivity index (χ0) is 11.8. The number of para-hydroxylation sites is 1. The van der Waals surface area contributed by atoms with Crippen molar-refractivity contribution in [3.8, 4) is 5.75 Å². The predicted octanol–water partition coefficient (Wildman–Crippen LogP) is 2.05. The Kier molecular flexibility index (Phi) is 2.68. The van der Waals surface area contributed by atoms with Crippen LogP contribution in [0, 0.1) is 0 Å². The van der Waals surface area contributed by atoms with Gasteiger partial charge >= 0.3 is 0 Å². The van der Waals surface area contributed by atoms with Crippen LogP contribution in [0.15, 0.2) is 24.3 Å². The molecular formula is C13H19NO2. The van der Waals surface area contributed by atoms with Gasteiger partial charge in [-0.1, -0.05) is 18.2 Å². The van der Waals surface area contributed by atoms with Gasteiger partial charge in [0.15, 0.2) is 0 Å². The highest BCUT2D eigenvalue weighted by Crippen LogP contribution is 2.29. The molecule has 0 radical (unpaired) electrons. The summed E-state index contributed by atoms with van der Waals surface area (Å²) < 4.78 is 5.79. The third-order valence-electron chi connectivity index (χ3n) is 2.87. The van der Waals surface area contributed by atoms with Gasteiger partial charge in [0.25, 0.3) is 0 Å². The van der Waals surface area contributed by atoms with Crippen LogP contribution >= 0.6 is 0 Å². The second kappa shape index (κ2) is 3.75. The van der Waals surface area contributed by atoms with Crippen molar-refractivity contribution in [2.45, 2.75) is 38.5 Å². The molecule has 1 heterocycles. The molecule has 3 heteroatoms. The highest BCUT2D eigenvalue weighted by molar-refractivity contribution is 5.33. The van der Waals surface area contributed by atoms with Gasteiger partial charge in [-0.25, -0.2) is 0 Å². The van der Waals surface area contributed by atoms with E-state index in [1.807, 2.05) is 25.1 Å². The van der Waals surface area contributed by atoms with E-state index >= 15 is 0 Å². The van der Waals surface area contributed by atoms with E-state index in [0.717, 1.165) is 5.56 Å². The first kappa shape index (κ1) is 11.4. The normalized spacial score (nSPS) is 28.2. The lowest BCUT2D eigenvalue weighted by Gasteiger charge is -2.27. The Labute approximate surface area is 96.4 Å². The Morgan fingerprint density at radius 1 is 1.31 bits per heavy atom. The maximum atomic E-state index is 9.73. The number of hydrogen-bond donors (Lipinski definition) is 2. The fourth-order valence-electron chi connectivity index (χ4n) is 2.25. The average Bonchev–Trinajstić information content (AvgIpc) is 2.45. The molecule has 2 N–H and O–H groups in total. The minimum absolute atomic E-state index is 0.000844. The predicted molar refractivity (Wildman–Crippen MR) is 63.4 cm³/mol. The Morgan fingerprint density at radius 3 is 2.56 bits per heavy atom. The Morgan fingerprint density at radius 2 is 2.00 bits per heavy atom. The number of ether oxygens (including phenoxy) is 1. The van der Waals surface area contributed by atoms with Crippen LogP contribution in [0.2, 0.25) is 0 Å². The lowest BCUT2D eigenvalue weighted by molar-refractivity contribution is 0.00629. The standard InChI is InChI=1S/C13H19NO2/c1-12(2)9-16-13(3,14-12)8-10-6-4-5-7-11(10)15/h4-7,14-15H,8-9H2,1-3H3. The summed E-state index contributed by atoms with van der Waals surface area (Å²) in [4.78, 5) is 0. The molecule has 1 aromatic rings. The summed E-state index contributed by atoms with van der Waals surface area (Å²) in [7, 11) is 0. The molecule has 0 amide bonds. The monoisotopic (exact) mass is 221 g/mol. The lowest BCUT2D eigenvalue weighted by Crippen LogP contribution is -2.47. The van der Waals surface area contributed by atoms with Gasteiger partial charge in [-0.3, -0.25) is 5.32 Å². The molecule has 1 fully saturated rings. The van der Waals surface area contributed by atoms with Gasteiger partial charge in [0.05, 0.1) is 6.61 Å². The van der Waals surface area contributed by atoms with Crippen LogP contribution in [-0.2, 0) is 11.2 Å². The summed E-state index contributed by atoms with van der Waals surface area (Å²) in [6.07, 6.45) is 0.670. The van der Waals surface area contributed by atoms with Crippen molar-refractivity contribution < 1.29 is 9.84 Å². The first-order valence-electron chi connectivity index (χ1n) is 5.60. The third kappa shape index (κ3) is 2.36. The van der Waals surface area contributed by atoms with Crippen molar-refractivity contribution >= 4 is 0 Å². The van der Waals surface area contributed by atoms with E-state index in [1.54, 1.807) is 6.07 Å². The van der Waals surface area contributed by atoms with E-state index in [0.29, 0.717) is 18.8 Å². The number of aromatic hydroxyl groups is 1. The van der Waals surface area contributed by atoms with Crippen LogP contribution in [0.3, 0.4) is 0 Å². The van der Waals surface area contributed by atoms with E-state index in [1.165, 1.54) is 0 Å². The summed E-state index contributed by atoms with van der Waals surface area (Å²) in [6, 6.07) is 7.39. The van der Waals surface area contributed by atoms with E-state index in [-0.39, 0.29) is 11.3 Å². The van der Waals surface area contributed by atoms with Gasteiger partial charge in [-0.05, 0) is 32.4 Å². The number of rotatable bonds is 2. The van der Waals surface area contributed by atoms with E-state index in [2.05, 4.69) is 19.2 Å². The molecule has 16 heavy (non-hydrogen) atoms. The maximum absolute atomic E-state index is 9.73. The zero-order valence-corrected chi connectivity index (χ0v) is 10.1. The molecule has 1 aliphatic rings. The molecule has 0 aromatic heterocycles. The lowest BCUT2D eigenvalue weighted by atomic mass is 10.0. The summed E-state index contributed by atoms with van der Waals surface area (Å²) >= 11 is 0. The molecule has 0 aliphatic carbocycles. The molecule has 1 atom stereocenters. The summed E-state index contributed by atoms with van der Waals surface area (Å²) in [6.45, 7) is 6.94. The quantitative estimate of drug-likeness (QED) is 0.803. The van der Waals surface area contributed by atoms with Crippen LogP contribution in [0.1, 0.15) is 26.3 Å². The van der Waals surface area contributed by atoms with Crippen LogP contribution in [-0.4, -0.2) is 23.0 Å². The maximum Gasteiger partial charge on any atom is 0.121 e. The fraction of sp³-hybridized carbons (Fsp3) is 0.538. The number of hydrogen-bond acceptors (Lipinski definition) is 3. The number of benzene rings is 1. The first-order chi connectivity index (χ1) is 7.40. The minimum atomic E-state index is -0.387. The van der Waals surface area contributed by atoms with Crippen LogP contribution in [0.25, 0.3) is 0 Å². The van der Waals surface area contributed by atoms with Gasteiger partial charge in [0.2, 0.25) is 0 Å². The van der Waals surface area contributed by atoms with Gasteiger partial charge in [0.1, 0.15) is 11.5 Å². The van der Waals surface area contributed by atoms with Crippen molar-refractivity contribution in [1.29, 1.82) is 0 Å². The van der Waals surface area contributed by atoms with Gasteiger partial charge in [-0.2, -0.15) is 0 Å². The molecule has 1 unspecified atom stereocenters. The van der Waals surface area contributed by atoms with Crippen molar-refractivity contribution in [3.05, 3.63) is 29.8 Å². The van der Waals surface area contributed by atoms with E-state index in [9.17, 15) is 5.11 Å². The smallest absolute Gasteiger partial charge is 0.121 e. The molecule has 0 saturated carbocycles. The summed E-state index contributed by atoms with van der Waals surface area (Å²) in [5, 5.41) is 13.2. The van der Waals surface area contributed by atoms with Gasteiger partial charge < -0.3 is 9.84 Å². The highest BCUT2D eigenvalue weighted by Gasteiger charge is 2.40. The SMILES string of the molecule is CC1(C)COC(C)(Cc2ccccc2O)N1. The summed E-state index contributed by atoms with van der Waals surface area (Å²) in [5.41, 5.74) is 0.525. The van der Waals surface area contributed by atoms with Crippen molar-refractivity contribution in [2.24, 2.45) is 0 Å². The van der Waals surface area contributed by atoms with Crippen molar-refractivity contribution in [1.82, 2.24) is 5.32 Å². The number of phenols is 1. The second-order valence-electron chi connectivity index (χ2n) is 5.33. The first-order valence-corrected chi connectivity index (χ1v) is 5.60. The molecule has 1 aliphatic heterocycles. The van der Waals surface area contributed by atoms with Crippen molar-refractivity contribution in [2.75, 3.05) is 6.61 Å². The number of nitrogens with one attached hydrogen (secondary N) is 1. The fourth-order valence-corrected chi connectivity index (χ4v) is 2.25. The summed E-state index contributed by atoms with van der Waals surface area (Å²) in [5.74, 6) is 0.332. The average molecular weight is 221 g/mol. The molecular weight excluding hydrogens is 202 g/mol. The molecule has 1 aromatic carbocycles.